The van der Waals surface area contributed by atoms with Gasteiger partial charge in [-0.25, -0.2) is 4.98 Å². The Kier molecular flexibility index (Phi) is 4.98. The zero-order valence-corrected chi connectivity index (χ0v) is 11.6. The summed E-state index contributed by atoms with van der Waals surface area (Å²) in [5.41, 5.74) is 2.30. The van der Waals surface area contributed by atoms with Gasteiger partial charge in [-0.1, -0.05) is 12.1 Å². The molecule has 0 amide bonds. The number of hydrogen-bond acceptors (Lipinski definition) is 3. The second kappa shape index (κ2) is 6.95. The van der Waals surface area contributed by atoms with Crippen molar-refractivity contribution in [1.82, 2.24) is 9.55 Å². The van der Waals surface area contributed by atoms with Gasteiger partial charge >= 0.3 is 0 Å². The first-order chi connectivity index (χ1) is 9.29. The molecular formula is C15H21N3O. The molecule has 19 heavy (non-hydrogen) atoms. The standard InChI is InChI=1S/C15H21N3O/c1-3-19-11-5-9-18-10-8-16-15(18)17-14-7-4-6-13(2)12-14/h4,6-8,10,12H,3,5,9,11H2,1-2H3,(H,16,17). The highest BCUT2D eigenvalue weighted by atomic mass is 16.5. The van der Waals surface area contributed by atoms with Crippen LogP contribution in [0.5, 0.6) is 0 Å². The average Bonchev–Trinajstić information content (AvgIpc) is 2.82. The highest BCUT2D eigenvalue weighted by Gasteiger charge is 2.03. The predicted octanol–water partition coefficient (Wildman–Crippen LogP) is 3.36. The molecule has 2 aromatic rings. The lowest BCUT2D eigenvalue weighted by Crippen LogP contribution is -2.06. The number of hydrogen-bond donors (Lipinski definition) is 1. The first-order valence-corrected chi connectivity index (χ1v) is 6.72. The molecule has 0 fully saturated rings. The topological polar surface area (TPSA) is 39.1 Å². The van der Waals surface area contributed by atoms with Crippen LogP contribution in [0.25, 0.3) is 0 Å². The number of aryl methyl sites for hydroxylation is 2. The average molecular weight is 259 g/mol. The van der Waals surface area contributed by atoms with E-state index in [1.807, 2.05) is 31.5 Å². The molecule has 0 atom stereocenters. The first kappa shape index (κ1) is 13.6. The van der Waals surface area contributed by atoms with Crippen molar-refractivity contribution in [1.29, 1.82) is 0 Å². The molecule has 0 radical (unpaired) electrons. The molecule has 0 unspecified atom stereocenters. The van der Waals surface area contributed by atoms with Gasteiger partial charge < -0.3 is 14.6 Å². The fourth-order valence-corrected chi connectivity index (χ4v) is 1.95. The fraction of sp³-hybridized carbons (Fsp3) is 0.400. The van der Waals surface area contributed by atoms with E-state index in [4.69, 9.17) is 4.74 Å². The lowest BCUT2D eigenvalue weighted by Gasteiger charge is -2.10. The van der Waals surface area contributed by atoms with Crippen LogP contribution in [-0.2, 0) is 11.3 Å². The van der Waals surface area contributed by atoms with Crippen molar-refractivity contribution in [3.63, 3.8) is 0 Å². The summed E-state index contributed by atoms with van der Waals surface area (Å²) in [6, 6.07) is 8.28. The van der Waals surface area contributed by atoms with E-state index in [1.165, 1.54) is 5.56 Å². The number of nitrogens with one attached hydrogen (secondary N) is 1. The Morgan fingerprint density at radius 1 is 1.37 bits per heavy atom. The Balaban J connectivity index is 1.95. The number of imidazole rings is 1. The van der Waals surface area contributed by atoms with E-state index in [-0.39, 0.29) is 0 Å². The summed E-state index contributed by atoms with van der Waals surface area (Å²) in [5, 5.41) is 3.35. The number of aromatic nitrogens is 2. The Morgan fingerprint density at radius 3 is 3.05 bits per heavy atom. The Bertz CT molecular complexity index is 508. The first-order valence-electron chi connectivity index (χ1n) is 6.72. The minimum Gasteiger partial charge on any atom is -0.382 e. The second-order valence-corrected chi connectivity index (χ2v) is 4.49. The van der Waals surface area contributed by atoms with Crippen molar-refractivity contribution >= 4 is 11.6 Å². The molecule has 1 aromatic carbocycles. The largest absolute Gasteiger partial charge is 0.382 e. The second-order valence-electron chi connectivity index (χ2n) is 4.49. The third-order valence-electron chi connectivity index (χ3n) is 2.88. The summed E-state index contributed by atoms with van der Waals surface area (Å²) in [4.78, 5) is 4.35. The zero-order chi connectivity index (χ0) is 13.5. The van der Waals surface area contributed by atoms with Gasteiger partial charge in [0.1, 0.15) is 0 Å². The quantitative estimate of drug-likeness (QED) is 0.775. The molecule has 4 heteroatoms. The van der Waals surface area contributed by atoms with Gasteiger partial charge in [-0.3, -0.25) is 0 Å². The van der Waals surface area contributed by atoms with Gasteiger partial charge in [0.15, 0.2) is 0 Å². The van der Waals surface area contributed by atoms with Crippen molar-refractivity contribution < 1.29 is 4.74 Å². The minimum atomic E-state index is 0.776. The summed E-state index contributed by atoms with van der Waals surface area (Å²) in [6.45, 7) is 6.58. The Labute approximate surface area is 114 Å². The van der Waals surface area contributed by atoms with E-state index in [9.17, 15) is 0 Å². The van der Waals surface area contributed by atoms with Gasteiger partial charge in [0.2, 0.25) is 5.95 Å². The molecule has 0 aliphatic heterocycles. The third kappa shape index (κ3) is 4.10. The van der Waals surface area contributed by atoms with Crippen LogP contribution in [0.4, 0.5) is 11.6 Å². The molecule has 102 valence electrons. The SMILES string of the molecule is CCOCCCn1ccnc1Nc1cccc(C)c1. The molecule has 2 rings (SSSR count). The van der Waals surface area contributed by atoms with E-state index in [0.717, 1.165) is 37.8 Å². The predicted molar refractivity (Wildman–Crippen MR) is 77.8 cm³/mol. The van der Waals surface area contributed by atoms with E-state index in [2.05, 4.69) is 33.9 Å². The van der Waals surface area contributed by atoms with Crippen molar-refractivity contribution in [3.05, 3.63) is 42.2 Å². The Morgan fingerprint density at radius 2 is 2.26 bits per heavy atom. The van der Waals surface area contributed by atoms with Crippen LogP contribution in [0.15, 0.2) is 36.7 Å². The molecule has 0 bridgehead atoms. The van der Waals surface area contributed by atoms with Gasteiger partial charge in [0, 0.05) is 37.8 Å². The fourth-order valence-electron chi connectivity index (χ4n) is 1.95. The van der Waals surface area contributed by atoms with Crippen LogP contribution in [0.3, 0.4) is 0 Å². The summed E-state index contributed by atoms with van der Waals surface area (Å²) in [5.74, 6) is 0.877. The van der Waals surface area contributed by atoms with Crippen molar-refractivity contribution in [2.45, 2.75) is 26.8 Å². The van der Waals surface area contributed by atoms with Crippen molar-refractivity contribution in [2.75, 3.05) is 18.5 Å². The van der Waals surface area contributed by atoms with Crippen molar-refractivity contribution in [3.8, 4) is 0 Å². The number of benzene rings is 1. The number of rotatable bonds is 7. The van der Waals surface area contributed by atoms with E-state index in [0.29, 0.717) is 0 Å². The highest BCUT2D eigenvalue weighted by Crippen LogP contribution is 2.16. The van der Waals surface area contributed by atoms with E-state index in [1.54, 1.807) is 0 Å². The van der Waals surface area contributed by atoms with E-state index >= 15 is 0 Å². The van der Waals surface area contributed by atoms with Gasteiger partial charge in [-0.15, -0.1) is 0 Å². The van der Waals surface area contributed by atoms with Crippen LogP contribution >= 0.6 is 0 Å². The zero-order valence-electron chi connectivity index (χ0n) is 11.6. The maximum atomic E-state index is 5.35. The molecule has 4 nitrogen and oxygen atoms in total. The highest BCUT2D eigenvalue weighted by molar-refractivity contribution is 5.54. The van der Waals surface area contributed by atoms with Crippen LogP contribution in [0.1, 0.15) is 18.9 Å². The maximum absolute atomic E-state index is 5.35. The van der Waals surface area contributed by atoms with Gasteiger partial charge in [0.25, 0.3) is 0 Å². The Hall–Kier alpha value is -1.81. The number of ether oxygens (including phenoxy) is 1. The van der Waals surface area contributed by atoms with Crippen LogP contribution in [0, 0.1) is 6.92 Å². The van der Waals surface area contributed by atoms with Gasteiger partial charge in [-0.05, 0) is 38.0 Å². The van der Waals surface area contributed by atoms with Gasteiger partial charge in [0.05, 0.1) is 0 Å². The van der Waals surface area contributed by atoms with Crippen LogP contribution in [-0.4, -0.2) is 22.8 Å². The van der Waals surface area contributed by atoms with Crippen molar-refractivity contribution in [2.24, 2.45) is 0 Å². The minimum absolute atomic E-state index is 0.776. The molecule has 0 aliphatic carbocycles. The number of nitrogens with zero attached hydrogens (tertiary/aromatic N) is 2. The molecule has 0 saturated heterocycles. The van der Waals surface area contributed by atoms with E-state index < -0.39 is 0 Å². The molecule has 0 aliphatic rings. The van der Waals surface area contributed by atoms with Crippen LogP contribution < -0.4 is 5.32 Å². The maximum Gasteiger partial charge on any atom is 0.207 e. The summed E-state index contributed by atoms with van der Waals surface area (Å²) < 4.78 is 7.46. The smallest absolute Gasteiger partial charge is 0.207 e. The lowest BCUT2D eigenvalue weighted by molar-refractivity contribution is 0.142. The monoisotopic (exact) mass is 259 g/mol. The normalized spacial score (nSPS) is 10.6. The summed E-state index contributed by atoms with van der Waals surface area (Å²) >= 11 is 0. The lowest BCUT2D eigenvalue weighted by atomic mass is 10.2. The molecule has 0 spiro atoms. The van der Waals surface area contributed by atoms with Crippen LogP contribution in [0.2, 0.25) is 0 Å². The summed E-state index contributed by atoms with van der Waals surface area (Å²) in [6.07, 6.45) is 4.80. The molecule has 1 heterocycles. The molecular weight excluding hydrogens is 238 g/mol. The van der Waals surface area contributed by atoms with Gasteiger partial charge in [-0.2, -0.15) is 0 Å². The molecule has 1 N–H and O–H groups in total. The third-order valence-corrected chi connectivity index (χ3v) is 2.88. The summed E-state index contributed by atoms with van der Waals surface area (Å²) in [7, 11) is 0. The number of anilines is 2. The molecule has 1 aromatic heterocycles. The molecule has 0 saturated carbocycles.